The molecule has 0 saturated heterocycles. The Bertz CT molecular complexity index is 1710. The summed E-state index contributed by atoms with van der Waals surface area (Å²) >= 11 is 0. The van der Waals surface area contributed by atoms with Crippen LogP contribution in [0, 0.1) is 0 Å². The molecule has 0 fully saturated rings. The topological polar surface area (TPSA) is 111 Å². The molecule has 0 spiro atoms. The summed E-state index contributed by atoms with van der Waals surface area (Å²) in [7, 11) is 1.45. The molecular formula is C71H128N2O7P+. The molecule has 0 radical (unpaired) electrons. The number of ether oxygens (including phenoxy) is 1. The number of phosphoric ester groups is 1. The predicted molar refractivity (Wildman–Crippen MR) is 350 cm³/mol. The van der Waals surface area contributed by atoms with E-state index in [0.29, 0.717) is 23.9 Å². The number of hydrogen-bond donors (Lipinski definition) is 2. The fourth-order valence-electron chi connectivity index (χ4n) is 9.37. The molecule has 0 aliphatic carbocycles. The smallest absolute Gasteiger partial charge is 0.456 e. The molecule has 0 aromatic carbocycles. The van der Waals surface area contributed by atoms with E-state index < -0.39 is 25.9 Å². The third-order valence-electron chi connectivity index (χ3n) is 14.5. The van der Waals surface area contributed by atoms with Gasteiger partial charge in [-0.25, -0.2) is 4.57 Å². The molecule has 81 heavy (non-hydrogen) atoms. The molecule has 10 heteroatoms. The number of hydrogen-bond acceptors (Lipinski definition) is 6. The second-order valence-corrected chi connectivity index (χ2v) is 25.1. The van der Waals surface area contributed by atoms with Crippen LogP contribution in [0.15, 0.2) is 97.2 Å². The average molecular weight is 1150 g/mol. The number of allylic oxidation sites excluding steroid dienone is 15. The van der Waals surface area contributed by atoms with Crippen LogP contribution in [-0.4, -0.2) is 74.3 Å². The van der Waals surface area contributed by atoms with E-state index in [1.54, 1.807) is 0 Å². The number of nitrogens with zero attached hydrogens (tertiary/aromatic N) is 1. The second kappa shape index (κ2) is 60.1. The third kappa shape index (κ3) is 61.3. The molecular weight excluding hydrogens is 1020 g/mol. The molecule has 468 valence electrons. The summed E-state index contributed by atoms with van der Waals surface area (Å²) in [5, 5.41) is 3.05. The van der Waals surface area contributed by atoms with Crippen LogP contribution in [0.5, 0.6) is 0 Å². The van der Waals surface area contributed by atoms with Crippen molar-refractivity contribution in [2.45, 2.75) is 303 Å². The van der Waals surface area contributed by atoms with Crippen LogP contribution >= 0.6 is 7.82 Å². The summed E-state index contributed by atoms with van der Waals surface area (Å²) in [5.74, 6) is -0.600. The lowest BCUT2D eigenvalue weighted by atomic mass is 10.0. The Kier molecular flexibility index (Phi) is 57.8. The van der Waals surface area contributed by atoms with Crippen molar-refractivity contribution in [3.8, 4) is 0 Å². The van der Waals surface area contributed by atoms with E-state index in [4.69, 9.17) is 13.8 Å². The zero-order valence-electron chi connectivity index (χ0n) is 53.5. The van der Waals surface area contributed by atoms with Crippen LogP contribution in [0.1, 0.15) is 290 Å². The van der Waals surface area contributed by atoms with E-state index in [0.717, 1.165) is 77.0 Å². The maximum Gasteiger partial charge on any atom is 0.472 e. The molecule has 1 amide bonds. The van der Waals surface area contributed by atoms with Gasteiger partial charge in [-0.05, 0) is 96.0 Å². The van der Waals surface area contributed by atoms with E-state index in [1.165, 1.54) is 173 Å². The third-order valence-corrected chi connectivity index (χ3v) is 15.5. The van der Waals surface area contributed by atoms with Gasteiger partial charge in [-0.3, -0.25) is 18.6 Å². The summed E-state index contributed by atoms with van der Waals surface area (Å²) < 4.78 is 30.7. The molecule has 0 heterocycles. The Labute approximate surface area is 500 Å². The number of unbranched alkanes of at least 4 members (excludes halogenated alkanes) is 30. The number of esters is 1. The number of amides is 1. The molecule has 2 N–H and O–H groups in total. The van der Waals surface area contributed by atoms with Gasteiger partial charge in [0.1, 0.15) is 19.3 Å². The molecule has 0 aromatic heterocycles. The Morgan fingerprint density at radius 1 is 0.444 bits per heavy atom. The van der Waals surface area contributed by atoms with E-state index in [2.05, 4.69) is 105 Å². The number of carbonyl (C=O) groups is 2. The van der Waals surface area contributed by atoms with Crippen molar-refractivity contribution in [2.24, 2.45) is 0 Å². The highest BCUT2D eigenvalue weighted by Gasteiger charge is 2.30. The van der Waals surface area contributed by atoms with Gasteiger partial charge in [0.2, 0.25) is 5.91 Å². The summed E-state index contributed by atoms with van der Waals surface area (Å²) in [4.78, 5) is 37.8. The van der Waals surface area contributed by atoms with E-state index in [1.807, 2.05) is 39.4 Å². The van der Waals surface area contributed by atoms with Crippen LogP contribution in [0.4, 0.5) is 0 Å². The van der Waals surface area contributed by atoms with E-state index >= 15 is 0 Å². The minimum atomic E-state index is -4.47. The number of phosphoric acid groups is 1. The largest absolute Gasteiger partial charge is 0.472 e. The zero-order chi connectivity index (χ0) is 59.3. The van der Waals surface area contributed by atoms with Crippen LogP contribution in [0.2, 0.25) is 0 Å². The lowest BCUT2D eigenvalue weighted by Gasteiger charge is -2.27. The highest BCUT2D eigenvalue weighted by molar-refractivity contribution is 7.47. The number of quaternary nitrogens is 1. The van der Waals surface area contributed by atoms with E-state index in [-0.39, 0.29) is 25.5 Å². The maximum absolute atomic E-state index is 13.6. The zero-order valence-corrected chi connectivity index (χ0v) is 54.4. The van der Waals surface area contributed by atoms with Crippen molar-refractivity contribution in [3.05, 3.63) is 97.2 Å². The Morgan fingerprint density at radius 2 is 0.802 bits per heavy atom. The van der Waals surface area contributed by atoms with Crippen molar-refractivity contribution in [1.29, 1.82) is 0 Å². The van der Waals surface area contributed by atoms with Crippen molar-refractivity contribution in [3.63, 3.8) is 0 Å². The van der Waals surface area contributed by atoms with Crippen molar-refractivity contribution >= 4 is 19.7 Å². The fraction of sp³-hybridized carbons (Fsp3) is 0.746. The van der Waals surface area contributed by atoms with Crippen molar-refractivity contribution in [1.82, 2.24) is 5.32 Å². The van der Waals surface area contributed by atoms with Gasteiger partial charge in [0.25, 0.3) is 0 Å². The van der Waals surface area contributed by atoms with E-state index in [9.17, 15) is 19.0 Å². The van der Waals surface area contributed by atoms with Crippen LogP contribution in [0.3, 0.4) is 0 Å². The van der Waals surface area contributed by atoms with Gasteiger partial charge < -0.3 is 19.4 Å². The SMILES string of the molecule is CC/C=C\C/C=C\C/C=C\C/C=C\C/C=C\C/C=C\CCC(=O)OC(/C=C\CCCCCCCCCCCCC)C(COP(=O)(O)OCC[N+](C)(C)C)NC(=O)CCCCCCCCCCCCCCC/C=C/CCCCCCCC. The molecule has 0 aromatic rings. The van der Waals surface area contributed by atoms with Gasteiger partial charge in [-0.1, -0.05) is 279 Å². The van der Waals surface area contributed by atoms with Gasteiger partial charge in [0, 0.05) is 12.8 Å². The van der Waals surface area contributed by atoms with Gasteiger partial charge in [0.15, 0.2) is 0 Å². The van der Waals surface area contributed by atoms with Crippen LogP contribution in [-0.2, 0) is 27.9 Å². The minimum absolute atomic E-state index is 0.0258. The monoisotopic (exact) mass is 1150 g/mol. The molecule has 0 aliphatic rings. The lowest BCUT2D eigenvalue weighted by Crippen LogP contribution is -2.47. The number of likely N-dealkylation sites (N-methyl/N-ethyl adjacent to an activating group) is 1. The number of rotatable bonds is 60. The Morgan fingerprint density at radius 3 is 1.21 bits per heavy atom. The normalized spacial score (nSPS) is 14.2. The summed E-state index contributed by atoms with van der Waals surface area (Å²) in [6, 6.07) is -0.884. The Balaban J connectivity index is 5.27. The first-order valence-electron chi connectivity index (χ1n) is 33.6. The van der Waals surface area contributed by atoms with Crippen molar-refractivity contribution in [2.75, 3.05) is 40.9 Å². The minimum Gasteiger partial charge on any atom is -0.456 e. The standard InChI is InChI=1S/C71H127N2O7P/c1-7-10-13-16-19-22-25-28-30-32-34-35-36-37-39-40-42-45-48-51-54-57-60-63-70(74)72-68(67-79-81(76,77)78-66-65-73(4,5)6)69(62-59-56-53-50-47-44-27-24-21-18-15-12-9-3)80-71(75)64-61-58-55-52-49-46-43-41-38-33-31-29-26-23-20-17-14-11-8-2/h11,14,20,23,28-31,38,41,46,49,55,58-59,62,68-69H,7-10,12-13,15-19,21-22,24-27,32-37,39-40,42-45,47-48,50-54,56-57,60-61,63-67H2,1-6H3,(H-,72,74,76,77)/p+1/b14-11-,23-20-,30-28+,31-29-,41-38-,49-46-,58-55-,62-59-. The highest BCUT2D eigenvalue weighted by atomic mass is 31.2. The molecule has 3 unspecified atom stereocenters. The predicted octanol–water partition coefficient (Wildman–Crippen LogP) is 21.1. The van der Waals surface area contributed by atoms with Gasteiger partial charge in [-0.2, -0.15) is 0 Å². The first-order valence-corrected chi connectivity index (χ1v) is 35.1. The van der Waals surface area contributed by atoms with Crippen LogP contribution in [0.25, 0.3) is 0 Å². The summed E-state index contributed by atoms with van der Waals surface area (Å²) in [5.41, 5.74) is 0. The number of nitrogens with one attached hydrogen (secondary N) is 1. The quantitative estimate of drug-likeness (QED) is 0.0205. The number of carbonyl (C=O) groups excluding carboxylic acids is 2. The molecule has 9 nitrogen and oxygen atoms in total. The molecule has 0 aliphatic heterocycles. The second-order valence-electron chi connectivity index (χ2n) is 23.6. The van der Waals surface area contributed by atoms with Gasteiger partial charge in [0.05, 0.1) is 33.8 Å². The fourth-order valence-corrected chi connectivity index (χ4v) is 10.1. The molecule has 3 atom stereocenters. The Hall–Kier alpha value is -3.07. The summed E-state index contributed by atoms with van der Waals surface area (Å²) in [6.07, 6.45) is 81.4. The first kappa shape index (κ1) is 77.9. The van der Waals surface area contributed by atoms with Crippen molar-refractivity contribution < 1.29 is 37.3 Å². The molecule has 0 saturated carbocycles. The summed E-state index contributed by atoms with van der Waals surface area (Å²) in [6.45, 7) is 6.87. The molecule has 0 rings (SSSR count). The van der Waals surface area contributed by atoms with Crippen LogP contribution < -0.4 is 5.32 Å². The highest BCUT2D eigenvalue weighted by Crippen LogP contribution is 2.43. The van der Waals surface area contributed by atoms with Gasteiger partial charge in [-0.15, -0.1) is 0 Å². The molecule has 0 bridgehead atoms. The van der Waals surface area contributed by atoms with Gasteiger partial charge >= 0.3 is 13.8 Å². The first-order chi connectivity index (χ1) is 39.4. The average Bonchev–Trinajstić information content (AvgIpc) is 3.44. The lowest BCUT2D eigenvalue weighted by molar-refractivity contribution is -0.870. The maximum atomic E-state index is 13.6.